The van der Waals surface area contributed by atoms with Crippen LogP contribution in [0.25, 0.3) is 22.6 Å². The molecular formula is C25H33ClN6O4S. The van der Waals surface area contributed by atoms with Gasteiger partial charge in [-0.2, -0.15) is 0 Å². The Hall–Kier alpha value is -2.44. The van der Waals surface area contributed by atoms with E-state index in [1.807, 2.05) is 18.2 Å². The number of hydrogen-bond donors (Lipinski definition) is 4. The fourth-order valence-electron chi connectivity index (χ4n) is 5.35. The van der Waals surface area contributed by atoms with Gasteiger partial charge in [0.25, 0.3) is 0 Å². The molecule has 3 atom stereocenters. The number of benzene rings is 1. The van der Waals surface area contributed by atoms with Gasteiger partial charge in [0.05, 0.1) is 41.9 Å². The lowest BCUT2D eigenvalue weighted by molar-refractivity contribution is 0.175. The van der Waals surface area contributed by atoms with Crippen LogP contribution in [0.2, 0.25) is 5.02 Å². The summed E-state index contributed by atoms with van der Waals surface area (Å²) in [5.41, 5.74) is 3.70. The normalized spacial score (nSPS) is 23.0. The molecule has 0 bridgehead atoms. The van der Waals surface area contributed by atoms with Gasteiger partial charge in [-0.1, -0.05) is 30.5 Å². The highest BCUT2D eigenvalue weighted by Crippen LogP contribution is 2.36. The molecule has 0 amide bonds. The van der Waals surface area contributed by atoms with Crippen molar-refractivity contribution in [3.63, 3.8) is 0 Å². The smallest absolute Gasteiger partial charge is 0.209 e. The van der Waals surface area contributed by atoms with Crippen molar-refractivity contribution in [2.24, 2.45) is 0 Å². The minimum absolute atomic E-state index is 0.115. The number of aliphatic hydroxyl groups excluding tert-OH is 1. The summed E-state index contributed by atoms with van der Waals surface area (Å²) in [5, 5.41) is 13.7. The Morgan fingerprint density at radius 3 is 2.73 bits per heavy atom. The number of hydrogen-bond acceptors (Lipinski definition) is 8. The van der Waals surface area contributed by atoms with Gasteiger partial charge in [-0.15, -0.1) is 0 Å². The van der Waals surface area contributed by atoms with Gasteiger partial charge in [0.15, 0.2) is 5.65 Å². The number of sulfonamides is 1. The molecule has 3 heterocycles. The summed E-state index contributed by atoms with van der Waals surface area (Å²) in [6.07, 6.45) is 6.82. The molecule has 200 valence electrons. The second-order valence-electron chi connectivity index (χ2n) is 10.0. The van der Waals surface area contributed by atoms with Crippen LogP contribution in [0.1, 0.15) is 37.7 Å². The van der Waals surface area contributed by atoms with Crippen LogP contribution in [0, 0.1) is 0 Å². The summed E-state index contributed by atoms with van der Waals surface area (Å²) in [6.45, 7) is 2.29. The molecule has 2 fully saturated rings. The van der Waals surface area contributed by atoms with Crippen molar-refractivity contribution in [1.29, 1.82) is 0 Å². The lowest BCUT2D eigenvalue weighted by Gasteiger charge is -2.33. The number of nitrogens with zero attached hydrogens (tertiary/aromatic N) is 3. The van der Waals surface area contributed by atoms with Gasteiger partial charge in [-0.05, 0) is 37.0 Å². The molecule has 12 heteroatoms. The quantitative estimate of drug-likeness (QED) is 0.337. The number of aromatic amines is 1. The Morgan fingerprint density at radius 1 is 1.24 bits per heavy atom. The number of halogens is 1. The molecule has 1 saturated carbocycles. The van der Waals surface area contributed by atoms with E-state index in [4.69, 9.17) is 21.3 Å². The molecule has 37 heavy (non-hydrogen) atoms. The maximum absolute atomic E-state index is 11.9. The van der Waals surface area contributed by atoms with Gasteiger partial charge in [0, 0.05) is 31.7 Å². The van der Waals surface area contributed by atoms with Crippen molar-refractivity contribution in [2.45, 2.75) is 56.8 Å². The van der Waals surface area contributed by atoms with Crippen LogP contribution in [-0.4, -0.2) is 78.0 Å². The number of rotatable bonds is 8. The average Bonchev–Trinajstić information content (AvgIpc) is 3.47. The zero-order valence-electron chi connectivity index (χ0n) is 21.0. The van der Waals surface area contributed by atoms with E-state index in [9.17, 15) is 13.5 Å². The second kappa shape index (κ2) is 10.7. The Morgan fingerprint density at radius 2 is 2.03 bits per heavy atom. The molecule has 4 N–H and O–H groups in total. The molecule has 0 radical (unpaired) electrons. The Bertz CT molecular complexity index is 1380. The van der Waals surface area contributed by atoms with Crippen LogP contribution in [0.4, 0.5) is 5.69 Å². The van der Waals surface area contributed by atoms with E-state index in [0.717, 1.165) is 56.3 Å². The highest BCUT2D eigenvalue weighted by molar-refractivity contribution is 7.88. The van der Waals surface area contributed by atoms with Crippen molar-refractivity contribution in [2.75, 3.05) is 31.8 Å². The summed E-state index contributed by atoms with van der Waals surface area (Å²) < 4.78 is 32.3. The summed E-state index contributed by atoms with van der Waals surface area (Å²) in [6, 6.07) is 5.67. The number of fused-ring (bicyclic) bond motifs is 1. The van der Waals surface area contributed by atoms with Gasteiger partial charge in [-0.3, -0.25) is 4.90 Å². The number of aromatic nitrogens is 3. The van der Waals surface area contributed by atoms with Crippen molar-refractivity contribution in [3.05, 3.63) is 35.0 Å². The first-order valence-electron chi connectivity index (χ1n) is 12.6. The van der Waals surface area contributed by atoms with Crippen LogP contribution in [0.3, 0.4) is 0 Å². The lowest BCUT2D eigenvalue weighted by Crippen LogP contribution is -2.48. The third kappa shape index (κ3) is 6.01. The van der Waals surface area contributed by atoms with Gasteiger partial charge in [0.1, 0.15) is 17.1 Å². The molecule has 1 saturated heterocycles. The molecule has 1 aliphatic carbocycles. The number of nitrogens with one attached hydrogen (secondary N) is 3. The van der Waals surface area contributed by atoms with Crippen LogP contribution in [-0.2, 0) is 16.6 Å². The molecule has 3 aromatic rings. The first-order valence-corrected chi connectivity index (χ1v) is 14.8. The molecule has 1 aromatic carbocycles. The number of likely N-dealkylation sites (tertiary alicyclic amines) is 1. The maximum atomic E-state index is 11.9. The van der Waals surface area contributed by atoms with E-state index in [2.05, 4.69) is 24.9 Å². The van der Waals surface area contributed by atoms with Crippen molar-refractivity contribution >= 4 is 38.5 Å². The van der Waals surface area contributed by atoms with Crippen LogP contribution in [0.15, 0.2) is 24.4 Å². The van der Waals surface area contributed by atoms with Crippen molar-refractivity contribution < 1.29 is 18.3 Å². The first kappa shape index (κ1) is 26.2. The van der Waals surface area contributed by atoms with E-state index in [1.54, 1.807) is 13.3 Å². The van der Waals surface area contributed by atoms with Crippen LogP contribution >= 0.6 is 11.6 Å². The van der Waals surface area contributed by atoms with Gasteiger partial charge in [-0.25, -0.2) is 23.1 Å². The maximum Gasteiger partial charge on any atom is 0.209 e. The number of aliphatic hydroxyl groups is 1. The largest absolute Gasteiger partial charge is 0.496 e. The summed E-state index contributed by atoms with van der Waals surface area (Å²) >= 11 is 6.57. The standard InChI is InChI=1S/C25H33ClN6O4S/c1-36-21-11-15(13-32-10-9-16(33)14-32)7-8-17(21)24-29-23-22(18(26)12-27-25(23)30-24)28-19-5-3-4-6-20(19)31-37(2,34)35/h7-8,11-12,16,19-20,31,33H,3-6,9-10,13-14H2,1-2H3,(H2,27,28,29,30)/t16-,19-,20?/m1/s1. The Balaban J connectivity index is 1.44. The van der Waals surface area contributed by atoms with Gasteiger partial charge < -0.3 is 20.1 Å². The van der Waals surface area contributed by atoms with Crippen molar-refractivity contribution in [1.82, 2.24) is 24.6 Å². The third-order valence-electron chi connectivity index (χ3n) is 7.11. The predicted octanol–water partition coefficient (Wildman–Crippen LogP) is 3.13. The predicted molar refractivity (Wildman–Crippen MR) is 144 cm³/mol. The minimum atomic E-state index is -3.34. The highest BCUT2D eigenvalue weighted by atomic mass is 35.5. The highest BCUT2D eigenvalue weighted by Gasteiger charge is 2.29. The molecule has 2 aliphatic rings. The molecule has 0 spiro atoms. The number of ether oxygens (including phenoxy) is 1. The second-order valence-corrected chi connectivity index (χ2v) is 12.2. The fraction of sp³-hybridized carbons (Fsp3) is 0.520. The van der Waals surface area contributed by atoms with Crippen LogP contribution < -0.4 is 14.8 Å². The lowest BCUT2D eigenvalue weighted by atomic mass is 9.91. The van der Waals surface area contributed by atoms with E-state index in [0.29, 0.717) is 40.0 Å². The Kier molecular flexibility index (Phi) is 7.60. The molecule has 2 aromatic heterocycles. The number of imidazole rings is 1. The zero-order valence-corrected chi connectivity index (χ0v) is 22.6. The summed E-state index contributed by atoms with van der Waals surface area (Å²) in [5.74, 6) is 1.28. The fourth-order valence-corrected chi connectivity index (χ4v) is 6.38. The van der Waals surface area contributed by atoms with Gasteiger partial charge >= 0.3 is 0 Å². The first-order chi connectivity index (χ1) is 17.7. The van der Waals surface area contributed by atoms with Gasteiger partial charge in [0.2, 0.25) is 10.0 Å². The summed E-state index contributed by atoms with van der Waals surface area (Å²) in [4.78, 5) is 14.7. The number of β-amino-alcohol motifs (C(OH)–C–C–N with tert-alkyl or cyclic N) is 1. The van der Waals surface area contributed by atoms with E-state index in [-0.39, 0.29) is 18.2 Å². The molecule has 1 unspecified atom stereocenters. The van der Waals surface area contributed by atoms with Crippen LogP contribution in [0.5, 0.6) is 5.75 Å². The number of H-pyrrole nitrogens is 1. The molecule has 1 aliphatic heterocycles. The average molecular weight is 549 g/mol. The number of anilines is 1. The number of pyridine rings is 1. The Labute approximate surface area is 221 Å². The molecule has 10 nitrogen and oxygen atoms in total. The molecular weight excluding hydrogens is 516 g/mol. The topological polar surface area (TPSA) is 132 Å². The third-order valence-corrected chi connectivity index (χ3v) is 8.13. The van der Waals surface area contributed by atoms with E-state index in [1.165, 1.54) is 6.26 Å². The number of methoxy groups -OCH3 is 1. The van der Waals surface area contributed by atoms with E-state index < -0.39 is 10.0 Å². The summed E-state index contributed by atoms with van der Waals surface area (Å²) in [7, 11) is -1.71. The minimum Gasteiger partial charge on any atom is -0.496 e. The molecule has 5 rings (SSSR count). The van der Waals surface area contributed by atoms with Crippen molar-refractivity contribution in [3.8, 4) is 17.1 Å². The SMILES string of the molecule is COc1cc(CN2CC[C@@H](O)C2)ccc1-c1nc2ncc(Cl)c(N[C@@H]3CCCCC3NS(C)(=O)=O)c2[nH]1. The monoisotopic (exact) mass is 548 g/mol. The zero-order chi connectivity index (χ0) is 26.2. The van der Waals surface area contributed by atoms with E-state index >= 15 is 0 Å².